The molecule has 0 aliphatic rings. The number of phenolic OH excluding ortho intramolecular Hbond substituents is 1. The number of carbonyl (C=O) groups excluding carboxylic acids is 2. The van der Waals surface area contributed by atoms with E-state index in [4.69, 9.17) is 4.74 Å². The summed E-state index contributed by atoms with van der Waals surface area (Å²) in [6.07, 6.45) is 1.14. The third kappa shape index (κ3) is 5.59. The Hall–Kier alpha value is -3.42. The summed E-state index contributed by atoms with van der Waals surface area (Å²) >= 11 is 0. The van der Waals surface area contributed by atoms with Crippen LogP contribution < -0.4 is 15.5 Å². The minimum absolute atomic E-state index is 0.0524. The van der Waals surface area contributed by atoms with E-state index in [0.717, 1.165) is 0 Å². The van der Waals surface area contributed by atoms with Crippen molar-refractivity contribution in [2.45, 2.75) is 12.8 Å². The molecule has 0 saturated carbocycles. The number of hydrogen-bond acceptors (Lipinski definition) is 5. The Kier molecular flexibility index (Phi) is 6.67. The number of carbonyl (C=O) groups is 2. The maximum atomic E-state index is 12.8. The van der Waals surface area contributed by atoms with Gasteiger partial charge in [-0.05, 0) is 36.4 Å². The van der Waals surface area contributed by atoms with Gasteiger partial charge in [0.25, 0.3) is 0 Å². The van der Waals surface area contributed by atoms with Crippen LogP contribution in [0.5, 0.6) is 11.5 Å². The van der Waals surface area contributed by atoms with E-state index in [9.17, 15) is 19.1 Å². The van der Waals surface area contributed by atoms with Gasteiger partial charge in [0.05, 0.1) is 13.3 Å². The van der Waals surface area contributed by atoms with Crippen LogP contribution in [-0.4, -0.2) is 30.2 Å². The van der Waals surface area contributed by atoms with E-state index in [1.54, 1.807) is 18.2 Å². The highest BCUT2D eigenvalue weighted by atomic mass is 19.1. The number of nitrogens with zero attached hydrogens (tertiary/aromatic N) is 1. The molecule has 0 aliphatic carbocycles. The molecule has 3 N–H and O–H groups in total. The molecule has 0 heterocycles. The van der Waals surface area contributed by atoms with Crippen LogP contribution in [0.2, 0.25) is 0 Å². The molecule has 26 heavy (non-hydrogen) atoms. The largest absolute Gasteiger partial charge is 0.504 e. The first kappa shape index (κ1) is 18.9. The molecule has 7 nitrogen and oxygen atoms in total. The number of amides is 2. The minimum Gasteiger partial charge on any atom is -0.504 e. The molecule has 0 aliphatic heterocycles. The molecule has 0 atom stereocenters. The predicted molar refractivity (Wildman–Crippen MR) is 94.7 cm³/mol. The molecular formula is C18H18FN3O4. The van der Waals surface area contributed by atoms with Gasteiger partial charge in [-0.25, -0.2) is 9.82 Å². The van der Waals surface area contributed by atoms with E-state index in [2.05, 4.69) is 15.8 Å². The predicted octanol–water partition coefficient (Wildman–Crippen LogP) is 2.41. The van der Waals surface area contributed by atoms with Gasteiger partial charge >= 0.3 is 0 Å². The summed E-state index contributed by atoms with van der Waals surface area (Å²) in [4.78, 5) is 23.4. The van der Waals surface area contributed by atoms with E-state index in [-0.39, 0.29) is 30.2 Å². The van der Waals surface area contributed by atoms with Gasteiger partial charge in [-0.1, -0.05) is 6.07 Å². The molecule has 2 amide bonds. The third-order valence-electron chi connectivity index (χ3n) is 3.35. The standard InChI is InChI=1S/C18H18FN3O4/c1-26-15-4-2-3-12(18(15)25)11-20-22-17(24)10-9-16(23)21-14-7-5-13(19)6-8-14/h2-8,11,25H,9-10H2,1H3,(H,21,23)(H,22,24). The Morgan fingerprint density at radius 1 is 1.15 bits per heavy atom. The first-order valence-electron chi connectivity index (χ1n) is 7.73. The van der Waals surface area contributed by atoms with Gasteiger partial charge in [0.1, 0.15) is 5.82 Å². The van der Waals surface area contributed by atoms with Gasteiger partial charge in [0.15, 0.2) is 11.5 Å². The number of hydrogen-bond donors (Lipinski definition) is 3. The highest BCUT2D eigenvalue weighted by Gasteiger charge is 2.08. The van der Waals surface area contributed by atoms with E-state index in [1.807, 2.05) is 0 Å². The smallest absolute Gasteiger partial charge is 0.240 e. The quantitative estimate of drug-likeness (QED) is 0.522. The molecule has 0 aromatic heterocycles. The van der Waals surface area contributed by atoms with Crippen LogP contribution in [0.4, 0.5) is 10.1 Å². The number of phenols is 1. The zero-order valence-electron chi connectivity index (χ0n) is 14.0. The normalized spacial score (nSPS) is 10.5. The Bertz CT molecular complexity index is 807. The van der Waals surface area contributed by atoms with Gasteiger partial charge in [-0.2, -0.15) is 5.10 Å². The molecule has 0 spiro atoms. The topological polar surface area (TPSA) is 100 Å². The van der Waals surface area contributed by atoms with Crippen molar-refractivity contribution in [2.24, 2.45) is 5.10 Å². The van der Waals surface area contributed by atoms with Crippen LogP contribution in [0.15, 0.2) is 47.6 Å². The molecular weight excluding hydrogens is 341 g/mol. The van der Waals surface area contributed by atoms with E-state index in [0.29, 0.717) is 11.3 Å². The van der Waals surface area contributed by atoms with Crippen LogP contribution in [0, 0.1) is 5.82 Å². The highest BCUT2D eigenvalue weighted by molar-refractivity contribution is 5.93. The van der Waals surface area contributed by atoms with Crippen molar-refractivity contribution < 1.29 is 23.8 Å². The fourth-order valence-corrected chi connectivity index (χ4v) is 2.02. The number of hydrazone groups is 1. The molecule has 136 valence electrons. The van der Waals surface area contributed by atoms with Gasteiger partial charge in [0.2, 0.25) is 11.8 Å². The van der Waals surface area contributed by atoms with Crippen molar-refractivity contribution in [3.05, 3.63) is 53.8 Å². The van der Waals surface area contributed by atoms with Crippen LogP contribution in [-0.2, 0) is 9.59 Å². The SMILES string of the molecule is COc1cccc(C=NNC(=O)CCC(=O)Nc2ccc(F)cc2)c1O. The Morgan fingerprint density at radius 3 is 2.54 bits per heavy atom. The molecule has 0 bridgehead atoms. The van der Waals surface area contributed by atoms with Crippen molar-refractivity contribution >= 4 is 23.7 Å². The van der Waals surface area contributed by atoms with Crippen molar-refractivity contribution in [2.75, 3.05) is 12.4 Å². The lowest BCUT2D eigenvalue weighted by Crippen LogP contribution is -2.20. The average molecular weight is 359 g/mol. The average Bonchev–Trinajstić information content (AvgIpc) is 2.63. The van der Waals surface area contributed by atoms with Gasteiger partial charge in [-0.3, -0.25) is 9.59 Å². The van der Waals surface area contributed by atoms with Gasteiger partial charge in [0, 0.05) is 24.1 Å². The number of benzene rings is 2. The fraction of sp³-hybridized carbons (Fsp3) is 0.167. The van der Waals surface area contributed by atoms with Crippen LogP contribution in [0.3, 0.4) is 0 Å². The second kappa shape index (κ2) is 9.16. The molecule has 0 unspecified atom stereocenters. The zero-order chi connectivity index (χ0) is 18.9. The molecule has 2 aromatic rings. The second-order valence-corrected chi connectivity index (χ2v) is 5.25. The maximum absolute atomic E-state index is 12.8. The van der Waals surface area contributed by atoms with Gasteiger partial charge in [-0.15, -0.1) is 0 Å². The maximum Gasteiger partial charge on any atom is 0.240 e. The zero-order valence-corrected chi connectivity index (χ0v) is 14.0. The molecule has 0 radical (unpaired) electrons. The molecule has 8 heteroatoms. The Labute approximate surface area is 149 Å². The molecule has 2 rings (SSSR count). The Morgan fingerprint density at radius 2 is 1.85 bits per heavy atom. The number of anilines is 1. The van der Waals surface area contributed by atoms with Crippen LogP contribution in [0.25, 0.3) is 0 Å². The lowest BCUT2D eigenvalue weighted by molar-refractivity contribution is -0.124. The molecule has 0 saturated heterocycles. The molecule has 2 aromatic carbocycles. The summed E-state index contributed by atoms with van der Waals surface area (Å²) in [5.41, 5.74) is 3.09. The van der Waals surface area contributed by atoms with Crippen molar-refractivity contribution in [1.82, 2.24) is 5.43 Å². The number of methoxy groups -OCH3 is 1. The lowest BCUT2D eigenvalue weighted by atomic mass is 10.2. The number of para-hydroxylation sites is 1. The van der Waals surface area contributed by atoms with Crippen LogP contribution >= 0.6 is 0 Å². The summed E-state index contributed by atoms with van der Waals surface area (Å²) in [5.74, 6) is -1.04. The summed E-state index contributed by atoms with van der Waals surface area (Å²) in [5, 5.41) is 16.2. The minimum atomic E-state index is -0.460. The third-order valence-corrected chi connectivity index (χ3v) is 3.35. The summed E-state index contributed by atoms with van der Waals surface area (Å²) < 4.78 is 17.8. The summed E-state index contributed by atoms with van der Waals surface area (Å²) in [6.45, 7) is 0. The van der Waals surface area contributed by atoms with E-state index < -0.39 is 11.7 Å². The number of nitrogens with one attached hydrogen (secondary N) is 2. The second-order valence-electron chi connectivity index (χ2n) is 5.25. The monoisotopic (exact) mass is 359 g/mol. The number of aromatic hydroxyl groups is 1. The number of rotatable bonds is 7. The summed E-state index contributed by atoms with van der Waals surface area (Å²) in [7, 11) is 1.43. The first-order valence-corrected chi connectivity index (χ1v) is 7.73. The fourth-order valence-electron chi connectivity index (χ4n) is 2.02. The highest BCUT2D eigenvalue weighted by Crippen LogP contribution is 2.27. The Balaban J connectivity index is 1.78. The van der Waals surface area contributed by atoms with E-state index in [1.165, 1.54) is 37.6 Å². The number of halogens is 1. The lowest BCUT2D eigenvalue weighted by Gasteiger charge is -2.05. The number of ether oxygens (including phenoxy) is 1. The van der Waals surface area contributed by atoms with Crippen LogP contribution in [0.1, 0.15) is 18.4 Å². The van der Waals surface area contributed by atoms with Crippen molar-refractivity contribution in [3.8, 4) is 11.5 Å². The summed E-state index contributed by atoms with van der Waals surface area (Å²) in [6, 6.07) is 10.2. The van der Waals surface area contributed by atoms with Crippen molar-refractivity contribution in [3.63, 3.8) is 0 Å². The van der Waals surface area contributed by atoms with Gasteiger partial charge < -0.3 is 15.2 Å². The van der Waals surface area contributed by atoms with E-state index >= 15 is 0 Å². The first-order chi connectivity index (χ1) is 12.5. The van der Waals surface area contributed by atoms with Crippen molar-refractivity contribution in [1.29, 1.82) is 0 Å². The molecule has 0 fully saturated rings.